The van der Waals surface area contributed by atoms with Gasteiger partial charge in [-0.05, 0) is 89.3 Å². The number of rotatable bonds is 6. The Morgan fingerprint density at radius 2 is 1.86 bits per heavy atom. The van der Waals surface area contributed by atoms with Gasteiger partial charge >= 0.3 is 6.09 Å². The highest BCUT2D eigenvalue weighted by Crippen LogP contribution is 2.46. The molecule has 4 aromatic rings. The Morgan fingerprint density at radius 1 is 1.09 bits per heavy atom. The Bertz CT molecular complexity index is 1780. The topological polar surface area (TPSA) is 144 Å². The van der Waals surface area contributed by atoms with Gasteiger partial charge in [0.05, 0.1) is 28.5 Å². The molecule has 2 amide bonds. The molecule has 5 heterocycles. The lowest BCUT2D eigenvalue weighted by atomic mass is 9.89. The van der Waals surface area contributed by atoms with Crippen LogP contribution in [0.2, 0.25) is 0 Å². The number of hydrogen-bond acceptors (Lipinski definition) is 7. The van der Waals surface area contributed by atoms with E-state index in [2.05, 4.69) is 12.1 Å². The fraction of sp³-hybridized carbons (Fsp3) is 0.515. The summed E-state index contributed by atoms with van der Waals surface area (Å²) in [5, 5.41) is 6.36. The summed E-state index contributed by atoms with van der Waals surface area (Å²) in [5.41, 5.74) is 18.4. The van der Waals surface area contributed by atoms with Crippen molar-refractivity contribution in [3.8, 4) is 5.69 Å². The van der Waals surface area contributed by atoms with Crippen LogP contribution in [0.3, 0.4) is 0 Å². The van der Waals surface area contributed by atoms with Crippen molar-refractivity contribution >= 4 is 39.6 Å². The van der Waals surface area contributed by atoms with Crippen LogP contribution < -0.4 is 11.5 Å². The molecule has 11 heteroatoms. The molecule has 3 aliphatic rings. The molecule has 232 valence electrons. The average molecular weight is 600 g/mol. The molecule has 11 nitrogen and oxygen atoms in total. The van der Waals surface area contributed by atoms with Gasteiger partial charge in [-0.15, -0.1) is 0 Å². The van der Waals surface area contributed by atoms with Gasteiger partial charge < -0.3 is 25.8 Å². The average Bonchev–Trinajstić information content (AvgIpc) is 3.62. The predicted molar refractivity (Wildman–Crippen MR) is 168 cm³/mol. The number of aromatic nitrogens is 4. The number of carbonyl (C=O) groups excluding carboxylic acids is 2. The summed E-state index contributed by atoms with van der Waals surface area (Å²) in [6.45, 7) is 9.58. The first-order valence-electron chi connectivity index (χ1n) is 15.7. The number of ether oxygens (including phenoxy) is 2. The Labute approximate surface area is 256 Å². The molecule has 1 aromatic carbocycles. The standard InChI is InChI=1S/C33H41N7O4/c1-18-8-11-24-22(15-37-40(24)25-7-5-6-12-43-25)28(18)39-29-21(13-19-16-38(17-19)32(42)44-33(2,3)4)27(20-9-10-20)36-14-23(29)26(30(39)34)31(35)41/h8,11,14-15,19-20,25H,5-7,9-10,12-13,16-17,34H2,1-4H3,(H2,35,41). The number of benzene rings is 1. The van der Waals surface area contributed by atoms with E-state index in [9.17, 15) is 9.59 Å². The van der Waals surface area contributed by atoms with Gasteiger partial charge in [-0.25, -0.2) is 9.48 Å². The summed E-state index contributed by atoms with van der Waals surface area (Å²) in [4.78, 5) is 32.2. The summed E-state index contributed by atoms with van der Waals surface area (Å²) in [7, 11) is 0. The van der Waals surface area contributed by atoms with Crippen LogP contribution in [0.25, 0.3) is 27.5 Å². The number of nitrogens with two attached hydrogens (primary N) is 2. The first-order chi connectivity index (χ1) is 21.0. The Morgan fingerprint density at radius 3 is 2.52 bits per heavy atom. The Balaban J connectivity index is 1.37. The van der Waals surface area contributed by atoms with Crippen LogP contribution in [-0.2, 0) is 15.9 Å². The predicted octanol–water partition coefficient (Wildman–Crippen LogP) is 5.35. The molecule has 4 N–H and O–H groups in total. The second kappa shape index (κ2) is 10.5. The summed E-state index contributed by atoms with van der Waals surface area (Å²) >= 11 is 0. The van der Waals surface area contributed by atoms with Crippen LogP contribution in [-0.4, -0.2) is 61.5 Å². The quantitative estimate of drug-likeness (QED) is 0.304. The molecule has 0 bridgehead atoms. The molecule has 3 fully saturated rings. The zero-order valence-corrected chi connectivity index (χ0v) is 25.9. The third kappa shape index (κ3) is 4.87. The summed E-state index contributed by atoms with van der Waals surface area (Å²) in [6.07, 6.45) is 9.11. The van der Waals surface area contributed by atoms with E-state index in [1.165, 1.54) is 0 Å². The molecule has 2 saturated heterocycles. The van der Waals surface area contributed by atoms with Crippen molar-refractivity contribution < 1.29 is 19.1 Å². The van der Waals surface area contributed by atoms with Gasteiger partial charge in [-0.3, -0.25) is 14.3 Å². The highest BCUT2D eigenvalue weighted by molar-refractivity contribution is 6.13. The number of pyridine rings is 1. The van der Waals surface area contributed by atoms with E-state index in [1.54, 1.807) is 11.1 Å². The van der Waals surface area contributed by atoms with E-state index in [0.717, 1.165) is 71.0 Å². The number of aryl methyl sites for hydroxylation is 1. The number of anilines is 1. The minimum Gasteiger partial charge on any atom is -0.444 e. The SMILES string of the molecule is Cc1ccc2c(cnn2C2CCCCO2)c1-n1c(N)c(C(N)=O)c2cnc(C3CC3)c(CC3CN(C(=O)OC(C)(C)C)C3)c21. The number of nitrogen functional groups attached to an aromatic ring is 1. The second-order valence-electron chi connectivity index (χ2n) is 13.6. The van der Waals surface area contributed by atoms with Crippen molar-refractivity contribution in [2.75, 3.05) is 25.4 Å². The van der Waals surface area contributed by atoms with Gasteiger partial charge in [0.2, 0.25) is 0 Å². The van der Waals surface area contributed by atoms with E-state index >= 15 is 0 Å². The molecule has 3 aromatic heterocycles. The number of hydrogen-bond donors (Lipinski definition) is 2. The number of amides is 2. The largest absolute Gasteiger partial charge is 0.444 e. The third-order valence-electron chi connectivity index (χ3n) is 9.09. The first kappa shape index (κ1) is 28.6. The third-order valence-corrected chi connectivity index (χ3v) is 9.09. The normalized spacial score (nSPS) is 19.5. The number of nitrogens with zero attached hydrogens (tertiary/aromatic N) is 5. The van der Waals surface area contributed by atoms with Crippen LogP contribution in [0.4, 0.5) is 10.6 Å². The fourth-order valence-corrected chi connectivity index (χ4v) is 6.89. The van der Waals surface area contributed by atoms with Gasteiger partial charge in [0.25, 0.3) is 5.91 Å². The lowest BCUT2D eigenvalue weighted by Crippen LogP contribution is -2.52. The first-order valence-corrected chi connectivity index (χ1v) is 15.7. The van der Waals surface area contributed by atoms with Crippen LogP contribution in [0.15, 0.2) is 24.5 Å². The van der Waals surface area contributed by atoms with E-state index in [0.29, 0.717) is 43.2 Å². The van der Waals surface area contributed by atoms with Crippen molar-refractivity contribution in [3.63, 3.8) is 0 Å². The lowest BCUT2D eigenvalue weighted by molar-refractivity contribution is -0.0366. The van der Waals surface area contributed by atoms with Crippen LogP contribution in [0, 0.1) is 12.8 Å². The maximum Gasteiger partial charge on any atom is 0.410 e. The Hall–Kier alpha value is -4.12. The fourth-order valence-electron chi connectivity index (χ4n) is 6.89. The monoisotopic (exact) mass is 599 g/mol. The molecule has 1 saturated carbocycles. The van der Waals surface area contributed by atoms with Crippen molar-refractivity contribution in [2.24, 2.45) is 11.7 Å². The van der Waals surface area contributed by atoms with Crippen molar-refractivity contribution in [1.29, 1.82) is 0 Å². The van der Waals surface area contributed by atoms with Gasteiger partial charge in [0.15, 0.2) is 6.23 Å². The van der Waals surface area contributed by atoms with Crippen molar-refractivity contribution in [3.05, 3.63) is 46.9 Å². The minimum absolute atomic E-state index is 0.121. The number of likely N-dealkylation sites (tertiary alicyclic amines) is 1. The molecule has 7 rings (SSSR count). The van der Waals surface area contributed by atoms with Crippen LogP contribution in [0.5, 0.6) is 0 Å². The maximum atomic E-state index is 12.9. The molecule has 1 unspecified atom stereocenters. The molecule has 1 aliphatic carbocycles. The van der Waals surface area contributed by atoms with Gasteiger partial charge in [0, 0.05) is 48.3 Å². The zero-order valence-electron chi connectivity index (χ0n) is 25.9. The molecule has 0 spiro atoms. The van der Waals surface area contributed by atoms with Crippen LogP contribution in [0.1, 0.15) is 92.2 Å². The summed E-state index contributed by atoms with van der Waals surface area (Å²) in [5.74, 6) is 0.289. The molecule has 1 atom stereocenters. The summed E-state index contributed by atoms with van der Waals surface area (Å²) < 4.78 is 15.6. The van der Waals surface area contributed by atoms with Crippen molar-refractivity contribution in [1.82, 2.24) is 24.2 Å². The van der Waals surface area contributed by atoms with E-state index in [1.807, 2.05) is 43.1 Å². The molecule has 44 heavy (non-hydrogen) atoms. The highest BCUT2D eigenvalue weighted by Gasteiger charge is 2.38. The van der Waals surface area contributed by atoms with Crippen molar-refractivity contribution in [2.45, 2.75) is 84.0 Å². The number of primary amides is 1. The molecule has 0 radical (unpaired) electrons. The van der Waals surface area contributed by atoms with Gasteiger partial charge in [0.1, 0.15) is 11.4 Å². The minimum atomic E-state index is -0.589. The second-order valence-corrected chi connectivity index (χ2v) is 13.6. The Kier molecular flexibility index (Phi) is 6.84. The van der Waals surface area contributed by atoms with E-state index < -0.39 is 11.5 Å². The summed E-state index contributed by atoms with van der Waals surface area (Å²) in [6, 6.07) is 4.15. The smallest absolute Gasteiger partial charge is 0.410 e. The van der Waals surface area contributed by atoms with E-state index in [4.69, 9.17) is 31.0 Å². The lowest BCUT2D eigenvalue weighted by Gasteiger charge is -2.40. The molecular weight excluding hydrogens is 558 g/mol. The van der Waals surface area contributed by atoms with E-state index in [-0.39, 0.29) is 23.8 Å². The number of carbonyl (C=O) groups is 2. The van der Waals surface area contributed by atoms with Gasteiger partial charge in [-0.2, -0.15) is 5.10 Å². The highest BCUT2D eigenvalue weighted by atomic mass is 16.6. The van der Waals surface area contributed by atoms with Gasteiger partial charge in [-0.1, -0.05) is 6.07 Å². The zero-order chi connectivity index (χ0) is 30.9. The molecular formula is C33H41N7O4. The molecule has 2 aliphatic heterocycles. The maximum absolute atomic E-state index is 12.9. The number of fused-ring (bicyclic) bond motifs is 2. The van der Waals surface area contributed by atoms with Crippen LogP contribution >= 0.6 is 0 Å².